The third kappa shape index (κ3) is 3.02. The Morgan fingerprint density at radius 3 is 2.69 bits per heavy atom. The number of anilines is 2. The van der Waals surface area contributed by atoms with E-state index in [9.17, 15) is 9.59 Å². The molecule has 4 rings (SSSR count). The van der Waals surface area contributed by atoms with Crippen molar-refractivity contribution in [2.45, 2.75) is 51.5 Å². The van der Waals surface area contributed by atoms with Gasteiger partial charge in [-0.2, -0.15) is 0 Å². The number of piperidine rings is 1. The van der Waals surface area contributed by atoms with Crippen LogP contribution in [-0.4, -0.2) is 41.9 Å². The first-order valence-corrected chi connectivity index (χ1v) is 9.92. The molecule has 1 N–H and O–H groups in total. The molecule has 2 amide bonds. The Kier molecular flexibility index (Phi) is 4.51. The third-order valence-corrected chi connectivity index (χ3v) is 6.49. The van der Waals surface area contributed by atoms with E-state index in [2.05, 4.69) is 10.2 Å². The van der Waals surface area contributed by atoms with Crippen molar-refractivity contribution in [2.75, 3.05) is 29.9 Å². The minimum Gasteiger partial charge on any atom is -0.322 e. The molecule has 140 valence electrons. The fourth-order valence-corrected chi connectivity index (χ4v) is 4.98. The maximum absolute atomic E-state index is 13.3. The van der Waals surface area contributed by atoms with Crippen LogP contribution in [0.3, 0.4) is 0 Å². The minimum absolute atomic E-state index is 0.0200. The molecular weight excluding hydrogens is 326 g/mol. The predicted molar refractivity (Wildman–Crippen MR) is 103 cm³/mol. The molecule has 5 heteroatoms. The standard InChI is InChI=1S/C21H29N3O2/c1-21(2)20(26)22-17-9-5-6-10-18(17)24(21)19(25)14-23-12-11-15-7-3-4-8-16(15)13-23/h5-6,9-10,15-16H,3-4,7-8,11-14H2,1-2H3,(H,22,26)/t15-,16-/m1/s1. The molecule has 3 aliphatic rings. The molecule has 0 radical (unpaired) electrons. The number of hydrogen-bond acceptors (Lipinski definition) is 3. The number of nitrogens with zero attached hydrogens (tertiary/aromatic N) is 2. The maximum atomic E-state index is 13.3. The van der Waals surface area contributed by atoms with Crippen LogP contribution < -0.4 is 10.2 Å². The summed E-state index contributed by atoms with van der Waals surface area (Å²) >= 11 is 0. The fraction of sp³-hybridized carbons (Fsp3) is 0.619. The summed E-state index contributed by atoms with van der Waals surface area (Å²) in [6.07, 6.45) is 6.57. The number of benzene rings is 1. The summed E-state index contributed by atoms with van der Waals surface area (Å²) in [4.78, 5) is 29.8. The SMILES string of the molecule is CC1(C)C(=O)Nc2ccccc2N1C(=O)CN1CC[C@H]2CCCC[C@@H]2C1. The maximum Gasteiger partial charge on any atom is 0.250 e. The van der Waals surface area contributed by atoms with E-state index in [1.807, 2.05) is 38.1 Å². The van der Waals surface area contributed by atoms with Gasteiger partial charge in [-0.25, -0.2) is 0 Å². The van der Waals surface area contributed by atoms with Crippen LogP contribution in [0, 0.1) is 11.8 Å². The molecule has 1 aliphatic carbocycles. The van der Waals surface area contributed by atoms with Crippen LogP contribution in [0.15, 0.2) is 24.3 Å². The normalized spacial score (nSPS) is 28.1. The molecule has 2 aliphatic heterocycles. The number of carbonyl (C=O) groups excluding carboxylic acids is 2. The summed E-state index contributed by atoms with van der Waals surface area (Å²) in [5.41, 5.74) is 0.639. The van der Waals surface area contributed by atoms with Crippen LogP contribution in [0.1, 0.15) is 46.0 Å². The first kappa shape index (κ1) is 17.5. The quantitative estimate of drug-likeness (QED) is 0.886. The van der Waals surface area contributed by atoms with Crippen molar-refractivity contribution < 1.29 is 9.59 Å². The zero-order valence-electron chi connectivity index (χ0n) is 15.8. The van der Waals surface area contributed by atoms with Crippen molar-refractivity contribution in [3.05, 3.63) is 24.3 Å². The monoisotopic (exact) mass is 355 g/mol. The van der Waals surface area contributed by atoms with Crippen LogP contribution in [-0.2, 0) is 9.59 Å². The van der Waals surface area contributed by atoms with E-state index < -0.39 is 5.54 Å². The Bertz CT molecular complexity index is 715. The van der Waals surface area contributed by atoms with Gasteiger partial charge in [-0.15, -0.1) is 0 Å². The molecule has 0 bridgehead atoms. The smallest absolute Gasteiger partial charge is 0.250 e. The van der Waals surface area contributed by atoms with Crippen LogP contribution in [0.2, 0.25) is 0 Å². The minimum atomic E-state index is -0.880. The molecule has 1 saturated heterocycles. The van der Waals surface area contributed by atoms with Gasteiger partial charge in [0.25, 0.3) is 0 Å². The van der Waals surface area contributed by atoms with E-state index in [0.29, 0.717) is 6.54 Å². The first-order valence-electron chi connectivity index (χ1n) is 9.92. The lowest BCUT2D eigenvalue weighted by Crippen LogP contribution is -2.60. The second kappa shape index (κ2) is 6.69. The summed E-state index contributed by atoms with van der Waals surface area (Å²) in [7, 11) is 0. The Morgan fingerprint density at radius 1 is 1.15 bits per heavy atom. The van der Waals surface area contributed by atoms with E-state index in [4.69, 9.17) is 0 Å². The van der Waals surface area contributed by atoms with Gasteiger partial charge in [0.05, 0.1) is 17.9 Å². The van der Waals surface area contributed by atoms with E-state index in [0.717, 1.165) is 36.3 Å². The zero-order valence-corrected chi connectivity index (χ0v) is 15.8. The lowest BCUT2D eigenvalue weighted by atomic mass is 9.75. The average molecular weight is 355 g/mol. The summed E-state index contributed by atoms with van der Waals surface area (Å²) < 4.78 is 0. The van der Waals surface area contributed by atoms with Crippen molar-refractivity contribution in [3.63, 3.8) is 0 Å². The van der Waals surface area contributed by atoms with Gasteiger partial charge in [0, 0.05) is 6.54 Å². The van der Waals surface area contributed by atoms with Gasteiger partial charge in [0.2, 0.25) is 11.8 Å². The molecule has 5 nitrogen and oxygen atoms in total. The Morgan fingerprint density at radius 2 is 1.88 bits per heavy atom. The number of amides is 2. The molecule has 1 aromatic rings. The van der Waals surface area contributed by atoms with Gasteiger partial charge < -0.3 is 5.32 Å². The van der Waals surface area contributed by atoms with Crippen LogP contribution >= 0.6 is 0 Å². The highest BCUT2D eigenvalue weighted by Crippen LogP contribution is 2.38. The summed E-state index contributed by atoms with van der Waals surface area (Å²) in [6.45, 7) is 6.06. The molecule has 1 aromatic carbocycles. The molecule has 26 heavy (non-hydrogen) atoms. The average Bonchev–Trinajstić information content (AvgIpc) is 2.62. The highest BCUT2D eigenvalue weighted by Gasteiger charge is 2.44. The van der Waals surface area contributed by atoms with Crippen molar-refractivity contribution in [2.24, 2.45) is 11.8 Å². The summed E-state index contributed by atoms with van der Waals surface area (Å²) in [6, 6.07) is 7.58. The molecule has 0 spiro atoms. The summed E-state index contributed by atoms with van der Waals surface area (Å²) in [5, 5.41) is 2.93. The predicted octanol–water partition coefficient (Wildman–Crippen LogP) is 3.26. The van der Waals surface area contributed by atoms with Crippen molar-refractivity contribution >= 4 is 23.2 Å². The molecule has 0 unspecified atom stereocenters. The number of hydrogen-bond donors (Lipinski definition) is 1. The highest BCUT2D eigenvalue weighted by molar-refractivity contribution is 6.14. The van der Waals surface area contributed by atoms with Crippen molar-refractivity contribution in [1.29, 1.82) is 0 Å². The number of nitrogens with one attached hydrogen (secondary N) is 1. The third-order valence-electron chi connectivity index (χ3n) is 6.49. The number of carbonyl (C=O) groups is 2. The van der Waals surface area contributed by atoms with E-state index >= 15 is 0 Å². The van der Waals surface area contributed by atoms with E-state index in [1.54, 1.807) is 4.90 Å². The first-order chi connectivity index (χ1) is 12.5. The van der Waals surface area contributed by atoms with Gasteiger partial charge in [0.1, 0.15) is 5.54 Å². The topological polar surface area (TPSA) is 52.7 Å². The molecular formula is C21H29N3O2. The van der Waals surface area contributed by atoms with Crippen LogP contribution in [0.5, 0.6) is 0 Å². The summed E-state index contributed by atoms with van der Waals surface area (Å²) in [5.74, 6) is 1.49. The fourth-order valence-electron chi connectivity index (χ4n) is 4.98. The lowest BCUT2D eigenvalue weighted by molar-refractivity contribution is -0.127. The Hall–Kier alpha value is -1.88. The van der Waals surface area contributed by atoms with E-state index in [1.165, 1.54) is 32.1 Å². The van der Waals surface area contributed by atoms with E-state index in [-0.39, 0.29) is 11.8 Å². The van der Waals surface area contributed by atoms with Gasteiger partial charge in [-0.1, -0.05) is 31.4 Å². The highest BCUT2D eigenvalue weighted by atomic mass is 16.2. The van der Waals surface area contributed by atoms with Gasteiger partial charge in [-0.3, -0.25) is 19.4 Å². The lowest BCUT2D eigenvalue weighted by Gasteiger charge is -2.44. The number of para-hydroxylation sites is 2. The molecule has 1 saturated carbocycles. The molecule has 0 aromatic heterocycles. The Labute approximate surface area is 155 Å². The number of fused-ring (bicyclic) bond motifs is 2. The molecule has 2 atom stereocenters. The molecule has 2 fully saturated rings. The Balaban J connectivity index is 1.52. The second-order valence-electron chi connectivity index (χ2n) is 8.59. The van der Waals surface area contributed by atoms with Crippen LogP contribution in [0.25, 0.3) is 0 Å². The van der Waals surface area contributed by atoms with Crippen molar-refractivity contribution in [3.8, 4) is 0 Å². The van der Waals surface area contributed by atoms with Crippen molar-refractivity contribution in [1.82, 2.24) is 4.90 Å². The largest absolute Gasteiger partial charge is 0.322 e. The molecule has 2 heterocycles. The number of rotatable bonds is 2. The van der Waals surface area contributed by atoms with Gasteiger partial charge >= 0.3 is 0 Å². The van der Waals surface area contributed by atoms with Gasteiger partial charge in [0.15, 0.2) is 0 Å². The second-order valence-corrected chi connectivity index (χ2v) is 8.59. The zero-order chi connectivity index (χ0) is 18.3. The van der Waals surface area contributed by atoms with Gasteiger partial charge in [-0.05, 0) is 57.2 Å². The van der Waals surface area contributed by atoms with Crippen LogP contribution in [0.4, 0.5) is 11.4 Å². The number of likely N-dealkylation sites (tertiary alicyclic amines) is 1.